The fourth-order valence-electron chi connectivity index (χ4n) is 1.35. The van der Waals surface area contributed by atoms with Crippen molar-refractivity contribution in [2.24, 2.45) is 5.73 Å². The zero-order valence-electron chi connectivity index (χ0n) is 8.48. The maximum absolute atomic E-state index is 9.34. The summed E-state index contributed by atoms with van der Waals surface area (Å²) in [5.41, 5.74) is 7.65. The Bertz CT molecular complexity index is 292. The summed E-state index contributed by atoms with van der Waals surface area (Å²) in [7, 11) is 0. The summed E-state index contributed by atoms with van der Waals surface area (Å²) in [5, 5.41) is 9.34. The molecule has 0 heterocycles. The number of hydrogen-bond acceptors (Lipinski definition) is 2. The number of hydrogen-bond donors (Lipinski definition) is 2. The third kappa shape index (κ3) is 3.73. The Labute approximate surface area is 85.1 Å². The quantitative estimate of drug-likeness (QED) is 0.762. The maximum Gasteiger partial charge on any atom is 0.0699 e. The van der Waals surface area contributed by atoms with Gasteiger partial charge in [0.1, 0.15) is 0 Å². The molecule has 0 spiro atoms. The van der Waals surface area contributed by atoms with Gasteiger partial charge in [0, 0.05) is 6.54 Å². The molecule has 76 valence electrons. The lowest BCUT2D eigenvalue weighted by Gasteiger charge is -2.07. The van der Waals surface area contributed by atoms with E-state index in [1.165, 1.54) is 0 Å². The van der Waals surface area contributed by atoms with E-state index >= 15 is 0 Å². The smallest absolute Gasteiger partial charge is 0.0699 e. The SMILES string of the molecule is C/C(=C\c1ccccc1)CC(O)CN. The molecule has 2 heteroatoms. The Morgan fingerprint density at radius 3 is 2.64 bits per heavy atom. The van der Waals surface area contributed by atoms with Crippen LogP contribution < -0.4 is 5.73 Å². The van der Waals surface area contributed by atoms with Crippen LogP contribution in [0, 0.1) is 0 Å². The molecule has 1 atom stereocenters. The molecular formula is C12H17NO. The van der Waals surface area contributed by atoms with E-state index in [2.05, 4.69) is 6.08 Å². The van der Waals surface area contributed by atoms with Crippen molar-refractivity contribution in [1.82, 2.24) is 0 Å². The standard InChI is InChI=1S/C12H17NO/c1-10(8-12(14)9-13)7-11-5-3-2-4-6-11/h2-7,12,14H,8-9,13H2,1H3/b10-7+. The van der Waals surface area contributed by atoms with Crippen LogP contribution in [0.1, 0.15) is 18.9 Å². The molecule has 0 aliphatic carbocycles. The highest BCUT2D eigenvalue weighted by molar-refractivity contribution is 5.52. The molecule has 0 aromatic heterocycles. The average molecular weight is 191 g/mol. The topological polar surface area (TPSA) is 46.2 Å². The summed E-state index contributed by atoms with van der Waals surface area (Å²) >= 11 is 0. The summed E-state index contributed by atoms with van der Waals surface area (Å²) in [6, 6.07) is 10.1. The van der Waals surface area contributed by atoms with E-state index in [4.69, 9.17) is 5.73 Å². The van der Waals surface area contributed by atoms with Gasteiger partial charge in [-0.25, -0.2) is 0 Å². The first-order valence-electron chi connectivity index (χ1n) is 4.82. The van der Waals surface area contributed by atoms with E-state index in [1.807, 2.05) is 37.3 Å². The molecule has 0 bridgehead atoms. The molecule has 0 saturated heterocycles. The summed E-state index contributed by atoms with van der Waals surface area (Å²) < 4.78 is 0. The van der Waals surface area contributed by atoms with Crippen molar-refractivity contribution in [2.45, 2.75) is 19.4 Å². The predicted octanol–water partition coefficient (Wildman–Crippen LogP) is 1.80. The van der Waals surface area contributed by atoms with Crippen LogP contribution in [0.25, 0.3) is 6.08 Å². The van der Waals surface area contributed by atoms with Crippen molar-refractivity contribution >= 4 is 6.08 Å². The fourth-order valence-corrected chi connectivity index (χ4v) is 1.35. The van der Waals surface area contributed by atoms with Crippen molar-refractivity contribution in [1.29, 1.82) is 0 Å². The number of nitrogens with two attached hydrogens (primary N) is 1. The molecule has 1 aromatic carbocycles. The van der Waals surface area contributed by atoms with E-state index < -0.39 is 6.10 Å². The van der Waals surface area contributed by atoms with Gasteiger partial charge in [-0.05, 0) is 18.9 Å². The van der Waals surface area contributed by atoms with Gasteiger partial charge in [0.05, 0.1) is 6.10 Å². The zero-order valence-corrected chi connectivity index (χ0v) is 8.48. The van der Waals surface area contributed by atoms with Gasteiger partial charge in [-0.15, -0.1) is 0 Å². The molecular weight excluding hydrogens is 174 g/mol. The average Bonchev–Trinajstić information content (AvgIpc) is 2.19. The van der Waals surface area contributed by atoms with E-state index in [0.717, 1.165) is 11.1 Å². The summed E-state index contributed by atoms with van der Waals surface area (Å²) in [5.74, 6) is 0. The molecule has 14 heavy (non-hydrogen) atoms. The van der Waals surface area contributed by atoms with Gasteiger partial charge >= 0.3 is 0 Å². The third-order valence-electron chi connectivity index (χ3n) is 2.04. The van der Waals surface area contributed by atoms with Crippen molar-refractivity contribution in [3.05, 3.63) is 41.5 Å². The van der Waals surface area contributed by atoms with Crippen molar-refractivity contribution < 1.29 is 5.11 Å². The number of rotatable bonds is 4. The summed E-state index contributed by atoms with van der Waals surface area (Å²) in [6.45, 7) is 2.33. The molecule has 1 aromatic rings. The maximum atomic E-state index is 9.34. The van der Waals surface area contributed by atoms with E-state index in [9.17, 15) is 5.11 Å². The van der Waals surface area contributed by atoms with Gasteiger partial charge in [-0.3, -0.25) is 0 Å². The van der Waals surface area contributed by atoms with Crippen LogP contribution in [-0.4, -0.2) is 17.8 Å². The first-order chi connectivity index (χ1) is 6.72. The lowest BCUT2D eigenvalue weighted by molar-refractivity contribution is 0.183. The lowest BCUT2D eigenvalue weighted by atomic mass is 10.1. The molecule has 0 aliphatic heterocycles. The number of aliphatic hydroxyl groups excluding tert-OH is 1. The molecule has 3 N–H and O–H groups in total. The minimum atomic E-state index is -0.421. The van der Waals surface area contributed by atoms with Crippen LogP contribution in [-0.2, 0) is 0 Å². The second-order valence-electron chi connectivity index (χ2n) is 3.50. The van der Waals surface area contributed by atoms with Crippen LogP contribution >= 0.6 is 0 Å². The molecule has 0 saturated carbocycles. The second-order valence-corrected chi connectivity index (χ2v) is 3.50. The molecule has 2 nitrogen and oxygen atoms in total. The van der Waals surface area contributed by atoms with Crippen LogP contribution in [0.15, 0.2) is 35.9 Å². The Balaban J connectivity index is 2.60. The van der Waals surface area contributed by atoms with Crippen LogP contribution in [0.5, 0.6) is 0 Å². The lowest BCUT2D eigenvalue weighted by Crippen LogP contribution is -2.19. The summed E-state index contributed by atoms with van der Waals surface area (Å²) in [6.07, 6.45) is 2.29. The minimum absolute atomic E-state index is 0.319. The van der Waals surface area contributed by atoms with Crippen molar-refractivity contribution in [2.75, 3.05) is 6.54 Å². The number of benzene rings is 1. The minimum Gasteiger partial charge on any atom is -0.391 e. The Hall–Kier alpha value is -1.12. The van der Waals surface area contributed by atoms with Crippen LogP contribution in [0.3, 0.4) is 0 Å². The molecule has 0 aliphatic rings. The molecule has 0 radical (unpaired) electrons. The molecule has 1 unspecified atom stereocenters. The monoisotopic (exact) mass is 191 g/mol. The highest BCUT2D eigenvalue weighted by atomic mass is 16.3. The highest BCUT2D eigenvalue weighted by Gasteiger charge is 2.01. The third-order valence-corrected chi connectivity index (χ3v) is 2.04. The first kappa shape index (κ1) is 11.0. The fraction of sp³-hybridized carbons (Fsp3) is 0.333. The van der Waals surface area contributed by atoms with Crippen LogP contribution in [0.2, 0.25) is 0 Å². The largest absolute Gasteiger partial charge is 0.391 e. The zero-order chi connectivity index (χ0) is 10.4. The predicted molar refractivity (Wildman–Crippen MR) is 59.8 cm³/mol. The molecule has 0 fully saturated rings. The Morgan fingerprint density at radius 1 is 1.43 bits per heavy atom. The van der Waals surface area contributed by atoms with Crippen molar-refractivity contribution in [3.8, 4) is 0 Å². The van der Waals surface area contributed by atoms with E-state index in [1.54, 1.807) is 0 Å². The normalized spacial score (nSPS) is 14.1. The Morgan fingerprint density at radius 2 is 2.07 bits per heavy atom. The van der Waals surface area contributed by atoms with Gasteiger partial charge in [0.25, 0.3) is 0 Å². The molecule has 0 amide bonds. The molecule has 1 rings (SSSR count). The van der Waals surface area contributed by atoms with Gasteiger partial charge in [0.2, 0.25) is 0 Å². The second kappa shape index (κ2) is 5.58. The van der Waals surface area contributed by atoms with E-state index in [-0.39, 0.29) is 0 Å². The van der Waals surface area contributed by atoms with Gasteiger partial charge in [-0.2, -0.15) is 0 Å². The van der Waals surface area contributed by atoms with Crippen LogP contribution in [0.4, 0.5) is 0 Å². The summed E-state index contributed by atoms with van der Waals surface area (Å²) in [4.78, 5) is 0. The Kier molecular flexibility index (Phi) is 4.36. The van der Waals surface area contributed by atoms with Crippen molar-refractivity contribution in [3.63, 3.8) is 0 Å². The van der Waals surface area contributed by atoms with Gasteiger partial charge in [-0.1, -0.05) is 42.0 Å². The van der Waals surface area contributed by atoms with Gasteiger partial charge < -0.3 is 10.8 Å². The highest BCUT2D eigenvalue weighted by Crippen LogP contribution is 2.10. The first-order valence-corrected chi connectivity index (χ1v) is 4.82. The van der Waals surface area contributed by atoms with Gasteiger partial charge in [0.15, 0.2) is 0 Å². The van der Waals surface area contributed by atoms with E-state index in [0.29, 0.717) is 13.0 Å². The number of aliphatic hydroxyl groups is 1.